The van der Waals surface area contributed by atoms with Crippen LogP contribution in [0.15, 0.2) is 17.1 Å². The van der Waals surface area contributed by atoms with Crippen LogP contribution in [0.3, 0.4) is 0 Å². The normalized spacial score (nSPS) is 10.5. The molecular weight excluding hydrogens is 334 g/mol. The van der Waals surface area contributed by atoms with Gasteiger partial charge in [0.1, 0.15) is 5.69 Å². The maximum absolute atomic E-state index is 12.2. The maximum Gasteiger partial charge on any atom is 0.357 e. The number of anilines is 1. The summed E-state index contributed by atoms with van der Waals surface area (Å²) in [6.07, 6.45) is 1.30. The standard InChI is InChI=1S/C15H17N3O5S/c1-7(2)12-11(14(21)23-4)17-15(24-12)18-13(20)8-5-9(19)10(22-3)6-16-8/h5-7H,1-4H3,(H,16,19)(H,17,18,20). The molecule has 0 atom stereocenters. The minimum absolute atomic E-state index is 0.0445. The first-order valence-corrected chi connectivity index (χ1v) is 7.86. The molecule has 0 aliphatic rings. The van der Waals surface area contributed by atoms with Gasteiger partial charge in [-0.3, -0.25) is 14.9 Å². The zero-order valence-electron chi connectivity index (χ0n) is 13.6. The number of aromatic nitrogens is 2. The smallest absolute Gasteiger partial charge is 0.357 e. The zero-order valence-corrected chi connectivity index (χ0v) is 14.4. The van der Waals surface area contributed by atoms with E-state index in [1.54, 1.807) is 0 Å². The molecule has 2 aromatic rings. The van der Waals surface area contributed by atoms with Gasteiger partial charge < -0.3 is 14.5 Å². The van der Waals surface area contributed by atoms with Gasteiger partial charge in [0.05, 0.1) is 14.2 Å². The number of amides is 1. The number of hydrogen-bond donors (Lipinski definition) is 2. The molecule has 0 fully saturated rings. The van der Waals surface area contributed by atoms with E-state index in [4.69, 9.17) is 9.47 Å². The highest BCUT2D eigenvalue weighted by Gasteiger charge is 2.22. The molecule has 2 aromatic heterocycles. The van der Waals surface area contributed by atoms with Gasteiger partial charge in [0, 0.05) is 17.1 Å². The molecule has 24 heavy (non-hydrogen) atoms. The Morgan fingerprint density at radius 2 is 2.04 bits per heavy atom. The molecule has 0 aromatic carbocycles. The van der Waals surface area contributed by atoms with Crippen LogP contribution < -0.4 is 15.5 Å². The Morgan fingerprint density at radius 3 is 2.58 bits per heavy atom. The zero-order chi connectivity index (χ0) is 17.9. The summed E-state index contributed by atoms with van der Waals surface area (Å²) in [7, 11) is 2.63. The molecule has 2 rings (SSSR count). The van der Waals surface area contributed by atoms with Crippen molar-refractivity contribution in [3.8, 4) is 5.75 Å². The van der Waals surface area contributed by atoms with Crippen molar-refractivity contribution in [1.29, 1.82) is 0 Å². The van der Waals surface area contributed by atoms with Crippen LogP contribution in [0, 0.1) is 0 Å². The molecule has 0 saturated heterocycles. The highest BCUT2D eigenvalue weighted by molar-refractivity contribution is 7.16. The van der Waals surface area contributed by atoms with Gasteiger partial charge in [-0.25, -0.2) is 9.78 Å². The Balaban J connectivity index is 2.27. The molecule has 9 heteroatoms. The summed E-state index contributed by atoms with van der Waals surface area (Å²) < 4.78 is 9.55. The lowest BCUT2D eigenvalue weighted by molar-refractivity contribution is 0.0593. The Labute approximate surface area is 141 Å². The molecule has 8 nitrogen and oxygen atoms in total. The van der Waals surface area contributed by atoms with Crippen LogP contribution in [0.25, 0.3) is 0 Å². The van der Waals surface area contributed by atoms with Crippen molar-refractivity contribution < 1.29 is 19.1 Å². The number of nitrogens with zero attached hydrogens (tertiary/aromatic N) is 1. The molecule has 0 bridgehead atoms. The minimum Gasteiger partial charge on any atom is -0.491 e. The van der Waals surface area contributed by atoms with Crippen LogP contribution in [0.1, 0.15) is 45.6 Å². The molecule has 0 spiro atoms. The summed E-state index contributed by atoms with van der Waals surface area (Å²) in [6, 6.07) is 1.13. The van der Waals surface area contributed by atoms with Gasteiger partial charge in [-0.1, -0.05) is 13.8 Å². The van der Waals surface area contributed by atoms with Crippen LogP contribution in [-0.4, -0.2) is 36.1 Å². The molecule has 0 radical (unpaired) electrons. The van der Waals surface area contributed by atoms with Gasteiger partial charge in [0.15, 0.2) is 16.6 Å². The second kappa shape index (κ2) is 7.26. The third kappa shape index (κ3) is 3.62. The lowest BCUT2D eigenvalue weighted by Gasteiger charge is -2.03. The second-order valence-corrected chi connectivity index (χ2v) is 6.14. The topological polar surface area (TPSA) is 110 Å². The number of hydrogen-bond acceptors (Lipinski definition) is 7. The van der Waals surface area contributed by atoms with Crippen molar-refractivity contribution in [3.05, 3.63) is 38.8 Å². The summed E-state index contributed by atoms with van der Waals surface area (Å²) in [6.45, 7) is 3.82. The van der Waals surface area contributed by atoms with E-state index in [9.17, 15) is 14.4 Å². The molecule has 1 amide bonds. The number of esters is 1. The van der Waals surface area contributed by atoms with Gasteiger partial charge in [0.25, 0.3) is 5.91 Å². The first-order valence-electron chi connectivity index (χ1n) is 7.04. The summed E-state index contributed by atoms with van der Waals surface area (Å²) in [5.74, 6) is -0.956. The quantitative estimate of drug-likeness (QED) is 0.797. The van der Waals surface area contributed by atoms with Crippen LogP contribution in [-0.2, 0) is 4.74 Å². The number of ether oxygens (including phenoxy) is 2. The molecule has 0 unspecified atom stereocenters. The third-order valence-corrected chi connectivity index (χ3v) is 4.39. The first kappa shape index (κ1) is 17.7. The maximum atomic E-state index is 12.2. The van der Waals surface area contributed by atoms with Gasteiger partial charge in [-0.15, -0.1) is 11.3 Å². The fraction of sp³-hybridized carbons (Fsp3) is 0.333. The van der Waals surface area contributed by atoms with E-state index in [1.165, 1.54) is 31.8 Å². The van der Waals surface area contributed by atoms with Gasteiger partial charge in [-0.05, 0) is 5.92 Å². The lowest BCUT2D eigenvalue weighted by Crippen LogP contribution is -2.17. The largest absolute Gasteiger partial charge is 0.491 e. The van der Waals surface area contributed by atoms with Crippen molar-refractivity contribution >= 4 is 28.3 Å². The van der Waals surface area contributed by atoms with Crippen molar-refractivity contribution in [2.24, 2.45) is 0 Å². The van der Waals surface area contributed by atoms with E-state index in [0.29, 0.717) is 4.88 Å². The minimum atomic E-state index is -0.562. The van der Waals surface area contributed by atoms with E-state index in [0.717, 1.165) is 6.07 Å². The molecule has 2 heterocycles. The summed E-state index contributed by atoms with van der Waals surface area (Å²) in [5.41, 5.74) is -0.184. The summed E-state index contributed by atoms with van der Waals surface area (Å²) in [5, 5.41) is 2.82. The molecule has 2 N–H and O–H groups in total. The summed E-state index contributed by atoms with van der Waals surface area (Å²) >= 11 is 1.19. The average molecular weight is 351 g/mol. The average Bonchev–Trinajstić information content (AvgIpc) is 2.98. The van der Waals surface area contributed by atoms with E-state index < -0.39 is 17.3 Å². The van der Waals surface area contributed by atoms with Gasteiger partial charge >= 0.3 is 5.97 Å². The second-order valence-electron chi connectivity index (χ2n) is 5.11. The number of H-pyrrole nitrogens is 1. The van der Waals surface area contributed by atoms with Gasteiger partial charge in [-0.2, -0.15) is 0 Å². The highest BCUT2D eigenvalue weighted by atomic mass is 32.1. The number of thiazole rings is 1. The molecule has 0 aliphatic heterocycles. The van der Waals surface area contributed by atoms with E-state index in [2.05, 4.69) is 15.3 Å². The number of methoxy groups -OCH3 is 2. The number of rotatable bonds is 5. The van der Waals surface area contributed by atoms with Crippen LogP contribution in [0.4, 0.5) is 5.13 Å². The first-order chi connectivity index (χ1) is 11.4. The van der Waals surface area contributed by atoms with Crippen LogP contribution >= 0.6 is 11.3 Å². The van der Waals surface area contributed by atoms with Gasteiger partial charge in [0.2, 0.25) is 5.43 Å². The van der Waals surface area contributed by atoms with Crippen molar-refractivity contribution in [2.75, 3.05) is 19.5 Å². The summed E-state index contributed by atoms with van der Waals surface area (Å²) in [4.78, 5) is 43.2. The fourth-order valence-corrected chi connectivity index (χ4v) is 2.88. The van der Waals surface area contributed by atoms with Crippen LogP contribution in [0.5, 0.6) is 5.75 Å². The Morgan fingerprint density at radius 1 is 1.33 bits per heavy atom. The molecule has 0 aliphatic carbocycles. The Kier molecular flexibility index (Phi) is 5.35. The monoisotopic (exact) mass is 351 g/mol. The predicted molar refractivity (Wildman–Crippen MR) is 89.1 cm³/mol. The predicted octanol–water partition coefficient (Wildman–Crippen LogP) is 2.00. The number of carbonyl (C=O) groups is 2. The van der Waals surface area contributed by atoms with E-state index in [1.807, 2.05) is 13.8 Å². The van der Waals surface area contributed by atoms with E-state index in [-0.39, 0.29) is 28.2 Å². The van der Waals surface area contributed by atoms with Crippen molar-refractivity contribution in [3.63, 3.8) is 0 Å². The molecule has 128 valence electrons. The Hall–Kier alpha value is -2.68. The SMILES string of the molecule is COC(=O)c1nc(NC(=O)c2cc(=O)c(OC)c[nH]2)sc1C(C)C. The van der Waals surface area contributed by atoms with Crippen molar-refractivity contribution in [2.45, 2.75) is 19.8 Å². The lowest BCUT2D eigenvalue weighted by atomic mass is 10.1. The van der Waals surface area contributed by atoms with Crippen molar-refractivity contribution in [1.82, 2.24) is 9.97 Å². The third-order valence-electron chi connectivity index (χ3n) is 3.12. The molecular formula is C15H17N3O5S. The van der Waals surface area contributed by atoms with E-state index >= 15 is 0 Å². The number of pyridine rings is 1. The number of carbonyl (C=O) groups excluding carboxylic acids is 2. The highest BCUT2D eigenvalue weighted by Crippen LogP contribution is 2.30. The van der Waals surface area contributed by atoms with Crippen LogP contribution in [0.2, 0.25) is 0 Å². The number of aromatic amines is 1. The fourth-order valence-electron chi connectivity index (χ4n) is 1.93. The molecule has 0 saturated carbocycles. The number of nitrogens with one attached hydrogen (secondary N) is 2. The Bertz CT molecular complexity index is 825.